The molecule has 0 unspecified atom stereocenters. The topological polar surface area (TPSA) is 102 Å². The number of hydrogen-bond acceptors (Lipinski definition) is 7. The summed E-state index contributed by atoms with van der Waals surface area (Å²) in [5.41, 5.74) is 0.935. The average molecular weight is 389 g/mol. The van der Waals surface area contributed by atoms with Crippen LogP contribution < -0.4 is 0 Å². The summed E-state index contributed by atoms with van der Waals surface area (Å²) in [6.45, 7) is 1.30. The largest absolute Gasteiger partial charge is 0.342 e. The maximum Gasteiger partial charge on any atom is 0.252 e. The number of piperidine rings is 1. The lowest BCUT2D eigenvalue weighted by Gasteiger charge is -2.30. The molecule has 3 aromatic heterocycles. The maximum absolute atomic E-state index is 12.6. The molecule has 0 atom stereocenters. The number of carbonyl (C=O) groups excluding carboxylic acids is 1. The quantitative estimate of drug-likeness (QED) is 0.527. The van der Waals surface area contributed by atoms with Crippen LogP contribution in [0.25, 0.3) is 17.2 Å². The lowest BCUT2D eigenvalue weighted by Crippen LogP contribution is -2.39. The van der Waals surface area contributed by atoms with Gasteiger partial charge in [-0.15, -0.1) is 5.10 Å². The Kier molecular flexibility index (Phi) is 4.47. The van der Waals surface area contributed by atoms with Crippen molar-refractivity contribution in [2.75, 3.05) is 13.1 Å². The zero-order valence-corrected chi connectivity index (χ0v) is 15.7. The molecular weight excluding hydrogens is 370 g/mol. The molecule has 0 aliphatic carbocycles. The summed E-state index contributed by atoms with van der Waals surface area (Å²) in [4.78, 5) is 27.5. The van der Waals surface area contributed by atoms with Gasteiger partial charge >= 0.3 is 0 Å². The first kappa shape index (κ1) is 17.5. The van der Waals surface area contributed by atoms with E-state index in [4.69, 9.17) is 4.52 Å². The minimum absolute atomic E-state index is 0.0230. The van der Waals surface area contributed by atoms with E-state index in [0.29, 0.717) is 36.4 Å². The Morgan fingerprint density at radius 1 is 1.10 bits per heavy atom. The van der Waals surface area contributed by atoms with Gasteiger partial charge in [0.1, 0.15) is 0 Å². The molecule has 1 aliphatic rings. The predicted octanol–water partition coefficient (Wildman–Crippen LogP) is 2.12. The van der Waals surface area contributed by atoms with Gasteiger partial charge in [0.15, 0.2) is 5.82 Å². The van der Waals surface area contributed by atoms with Gasteiger partial charge < -0.3 is 9.42 Å². The van der Waals surface area contributed by atoms with E-state index < -0.39 is 0 Å². The Morgan fingerprint density at radius 2 is 1.93 bits per heavy atom. The van der Waals surface area contributed by atoms with Gasteiger partial charge in [0, 0.05) is 37.0 Å². The van der Waals surface area contributed by atoms with Gasteiger partial charge in [0.2, 0.25) is 17.6 Å². The van der Waals surface area contributed by atoms with Crippen molar-refractivity contribution in [1.29, 1.82) is 0 Å². The summed E-state index contributed by atoms with van der Waals surface area (Å²) >= 11 is 0. The summed E-state index contributed by atoms with van der Waals surface area (Å²) in [6.07, 6.45) is 5.18. The molecule has 0 radical (unpaired) electrons. The molecule has 0 N–H and O–H groups in total. The monoisotopic (exact) mass is 389 g/mol. The van der Waals surface area contributed by atoms with Crippen molar-refractivity contribution in [2.45, 2.75) is 25.2 Å². The van der Waals surface area contributed by atoms with Gasteiger partial charge in [-0.2, -0.15) is 9.97 Å². The second-order valence-electron chi connectivity index (χ2n) is 7.05. The molecule has 1 saturated heterocycles. The van der Waals surface area contributed by atoms with Crippen molar-refractivity contribution in [3.8, 4) is 11.4 Å². The number of nitrogens with zero attached hydrogens (tertiary/aromatic N) is 7. The van der Waals surface area contributed by atoms with E-state index in [2.05, 4.69) is 25.2 Å². The average Bonchev–Trinajstić information content (AvgIpc) is 3.41. The first-order valence-corrected chi connectivity index (χ1v) is 9.59. The minimum Gasteiger partial charge on any atom is -0.342 e. The molecule has 0 saturated carbocycles. The Bertz CT molecular complexity index is 1100. The Morgan fingerprint density at radius 3 is 2.72 bits per heavy atom. The second kappa shape index (κ2) is 7.42. The molecule has 1 aliphatic heterocycles. The summed E-state index contributed by atoms with van der Waals surface area (Å²) < 4.78 is 7.07. The van der Waals surface area contributed by atoms with Crippen molar-refractivity contribution in [1.82, 2.24) is 34.6 Å². The second-order valence-corrected chi connectivity index (χ2v) is 7.05. The summed E-state index contributed by atoms with van der Waals surface area (Å²) in [5, 5.41) is 8.40. The lowest BCUT2D eigenvalue weighted by molar-refractivity contribution is -0.131. The van der Waals surface area contributed by atoms with Crippen LogP contribution in [0.1, 0.15) is 30.5 Å². The van der Waals surface area contributed by atoms with Crippen LogP contribution in [0.4, 0.5) is 0 Å². The third kappa shape index (κ3) is 3.58. The van der Waals surface area contributed by atoms with Gasteiger partial charge in [0.25, 0.3) is 5.78 Å². The van der Waals surface area contributed by atoms with Crippen LogP contribution in [0.5, 0.6) is 0 Å². The first-order chi connectivity index (χ1) is 14.3. The molecule has 4 heterocycles. The van der Waals surface area contributed by atoms with Crippen LogP contribution in [0.3, 0.4) is 0 Å². The molecule has 0 bridgehead atoms. The van der Waals surface area contributed by atoms with Gasteiger partial charge in [-0.05, 0) is 18.9 Å². The minimum atomic E-state index is 0.0230. The Balaban J connectivity index is 1.20. The van der Waals surface area contributed by atoms with E-state index in [9.17, 15) is 4.79 Å². The number of aromatic nitrogens is 6. The van der Waals surface area contributed by atoms with Crippen molar-refractivity contribution >= 4 is 11.7 Å². The van der Waals surface area contributed by atoms with Crippen LogP contribution >= 0.6 is 0 Å². The van der Waals surface area contributed by atoms with Crippen molar-refractivity contribution < 1.29 is 9.32 Å². The smallest absolute Gasteiger partial charge is 0.252 e. The molecule has 1 fully saturated rings. The number of benzene rings is 1. The fourth-order valence-corrected chi connectivity index (χ4v) is 3.58. The number of rotatable bonds is 4. The third-order valence-electron chi connectivity index (χ3n) is 5.14. The zero-order valence-electron chi connectivity index (χ0n) is 15.7. The van der Waals surface area contributed by atoms with Gasteiger partial charge in [-0.1, -0.05) is 35.5 Å². The highest BCUT2D eigenvalue weighted by Crippen LogP contribution is 2.28. The zero-order chi connectivity index (χ0) is 19.6. The van der Waals surface area contributed by atoms with E-state index in [1.165, 1.54) is 0 Å². The molecule has 5 rings (SSSR count). The van der Waals surface area contributed by atoms with Crippen LogP contribution in [-0.2, 0) is 11.2 Å². The number of likely N-dealkylation sites (tertiary alicyclic amines) is 1. The van der Waals surface area contributed by atoms with Crippen LogP contribution in [-0.4, -0.2) is 53.6 Å². The van der Waals surface area contributed by atoms with E-state index in [1.54, 1.807) is 23.0 Å². The lowest BCUT2D eigenvalue weighted by atomic mass is 9.96. The van der Waals surface area contributed by atoms with Crippen LogP contribution in [0, 0.1) is 0 Å². The van der Waals surface area contributed by atoms with E-state index in [1.807, 2.05) is 35.2 Å². The third-order valence-corrected chi connectivity index (χ3v) is 5.14. The molecule has 0 spiro atoms. The number of hydrogen-bond donors (Lipinski definition) is 0. The molecule has 146 valence electrons. The fourth-order valence-electron chi connectivity index (χ4n) is 3.58. The van der Waals surface area contributed by atoms with Gasteiger partial charge in [-0.3, -0.25) is 4.79 Å². The highest BCUT2D eigenvalue weighted by Gasteiger charge is 2.28. The fraction of sp³-hybridized carbons (Fsp3) is 0.300. The van der Waals surface area contributed by atoms with Crippen LogP contribution in [0.15, 0.2) is 53.3 Å². The molecule has 29 heavy (non-hydrogen) atoms. The SMILES string of the molecule is O=C(Cc1nc2ncccn2n1)N1CCC(c2nc(-c3ccccc3)no2)CC1. The van der Waals surface area contributed by atoms with E-state index in [0.717, 1.165) is 18.4 Å². The normalized spacial score (nSPS) is 15.1. The standard InChI is InChI=1S/C20H19N7O2/c28-17(13-16-22-20-21-9-4-10-27(20)24-16)26-11-7-15(8-12-26)19-23-18(25-29-19)14-5-2-1-3-6-14/h1-6,9-10,15H,7-8,11-13H2. The maximum atomic E-state index is 12.6. The van der Waals surface area contributed by atoms with E-state index >= 15 is 0 Å². The van der Waals surface area contributed by atoms with Gasteiger partial charge in [-0.25, -0.2) is 9.50 Å². The first-order valence-electron chi connectivity index (χ1n) is 9.59. The van der Waals surface area contributed by atoms with Crippen molar-refractivity contribution in [3.05, 3.63) is 60.5 Å². The summed E-state index contributed by atoms with van der Waals surface area (Å²) in [5.74, 6) is 2.42. The Labute approximate surface area is 166 Å². The molecule has 4 aromatic rings. The van der Waals surface area contributed by atoms with Crippen molar-refractivity contribution in [3.63, 3.8) is 0 Å². The highest BCUT2D eigenvalue weighted by molar-refractivity contribution is 5.78. The van der Waals surface area contributed by atoms with Crippen molar-refractivity contribution in [2.24, 2.45) is 0 Å². The summed E-state index contributed by atoms with van der Waals surface area (Å²) in [7, 11) is 0. The number of carbonyl (C=O) groups is 1. The number of amides is 1. The molecule has 1 amide bonds. The Hall–Kier alpha value is -3.62. The predicted molar refractivity (Wildman–Crippen MR) is 103 cm³/mol. The van der Waals surface area contributed by atoms with Gasteiger partial charge in [0.05, 0.1) is 6.42 Å². The molecule has 9 nitrogen and oxygen atoms in total. The number of fused-ring (bicyclic) bond motifs is 1. The molecular formula is C20H19N7O2. The molecule has 9 heteroatoms. The molecule has 1 aromatic carbocycles. The highest BCUT2D eigenvalue weighted by atomic mass is 16.5. The summed E-state index contributed by atoms with van der Waals surface area (Å²) in [6, 6.07) is 11.5. The van der Waals surface area contributed by atoms with Crippen LogP contribution in [0.2, 0.25) is 0 Å². The van der Waals surface area contributed by atoms with E-state index in [-0.39, 0.29) is 18.2 Å².